The van der Waals surface area contributed by atoms with E-state index >= 15 is 0 Å². The molecule has 0 aliphatic carbocycles. The number of halogens is 1. The zero-order chi connectivity index (χ0) is 11.8. The predicted octanol–water partition coefficient (Wildman–Crippen LogP) is 2.64. The van der Waals surface area contributed by atoms with Gasteiger partial charge in [-0.1, -0.05) is 17.7 Å². The lowest BCUT2D eigenvalue weighted by molar-refractivity contribution is -0.146. The van der Waals surface area contributed by atoms with Crippen molar-refractivity contribution in [3.8, 4) is 0 Å². The van der Waals surface area contributed by atoms with Crippen molar-refractivity contribution >= 4 is 23.3 Å². The Morgan fingerprint density at radius 2 is 2.31 bits per heavy atom. The Hall–Kier alpha value is -1.22. The van der Waals surface area contributed by atoms with Gasteiger partial charge < -0.3 is 10.0 Å². The number of rotatable bonds is 2. The summed E-state index contributed by atoms with van der Waals surface area (Å²) < 4.78 is 0. The van der Waals surface area contributed by atoms with Gasteiger partial charge in [-0.15, -0.1) is 0 Å². The molecule has 1 fully saturated rings. The molecule has 1 aliphatic rings. The molecule has 0 spiro atoms. The van der Waals surface area contributed by atoms with E-state index in [0.717, 1.165) is 12.2 Å². The Labute approximate surface area is 99.6 Å². The summed E-state index contributed by atoms with van der Waals surface area (Å²) in [5.74, 6) is -0.725. The lowest BCUT2D eigenvalue weighted by Gasteiger charge is -2.21. The zero-order valence-electron chi connectivity index (χ0n) is 9.11. The molecule has 0 saturated carbocycles. The molecule has 0 aromatic heterocycles. The van der Waals surface area contributed by atoms with Crippen LogP contribution in [0, 0.1) is 5.41 Å². The van der Waals surface area contributed by atoms with Gasteiger partial charge in [-0.3, -0.25) is 4.79 Å². The minimum Gasteiger partial charge on any atom is -0.481 e. The largest absolute Gasteiger partial charge is 0.481 e. The topological polar surface area (TPSA) is 40.5 Å². The van der Waals surface area contributed by atoms with E-state index in [0.29, 0.717) is 18.0 Å². The Kier molecular flexibility index (Phi) is 2.80. The van der Waals surface area contributed by atoms with E-state index < -0.39 is 11.4 Å². The number of anilines is 1. The standard InChI is InChI=1S/C12H14ClNO2/c1-12(11(15)16)5-6-14(8-12)10-4-2-3-9(13)7-10/h2-4,7H,5-6,8H2,1H3,(H,15,16). The third-order valence-corrected chi connectivity index (χ3v) is 3.40. The molecule has 0 radical (unpaired) electrons. The molecule has 4 heteroatoms. The molecule has 2 rings (SSSR count). The van der Waals surface area contributed by atoms with Crippen molar-refractivity contribution in [1.29, 1.82) is 0 Å². The number of carboxylic acids is 1. The van der Waals surface area contributed by atoms with E-state index in [-0.39, 0.29) is 0 Å². The fraction of sp³-hybridized carbons (Fsp3) is 0.417. The minimum atomic E-state index is -0.725. The molecule has 3 nitrogen and oxygen atoms in total. The second-order valence-corrected chi connectivity index (χ2v) is 4.95. The van der Waals surface area contributed by atoms with Gasteiger partial charge in [0.2, 0.25) is 0 Å². The molecule has 1 N–H and O–H groups in total. The van der Waals surface area contributed by atoms with Crippen LogP contribution < -0.4 is 4.90 Å². The Morgan fingerprint density at radius 1 is 1.56 bits per heavy atom. The molecule has 0 bridgehead atoms. The van der Waals surface area contributed by atoms with Crippen molar-refractivity contribution in [1.82, 2.24) is 0 Å². The fourth-order valence-corrected chi connectivity index (χ4v) is 2.21. The Bertz CT molecular complexity index is 421. The maximum absolute atomic E-state index is 11.1. The molecule has 1 saturated heterocycles. The van der Waals surface area contributed by atoms with Crippen LogP contribution in [-0.2, 0) is 4.79 Å². The summed E-state index contributed by atoms with van der Waals surface area (Å²) in [6.45, 7) is 3.10. The van der Waals surface area contributed by atoms with Crippen molar-refractivity contribution in [3.05, 3.63) is 29.3 Å². The number of hydrogen-bond donors (Lipinski definition) is 1. The Balaban J connectivity index is 2.18. The first kappa shape index (κ1) is 11.3. The number of carboxylic acid groups (broad SMARTS) is 1. The van der Waals surface area contributed by atoms with Crippen molar-refractivity contribution < 1.29 is 9.90 Å². The van der Waals surface area contributed by atoms with E-state index in [2.05, 4.69) is 4.90 Å². The average Bonchev–Trinajstić information content (AvgIpc) is 2.62. The summed E-state index contributed by atoms with van der Waals surface area (Å²) in [7, 11) is 0. The van der Waals surface area contributed by atoms with Crippen LogP contribution in [0.2, 0.25) is 5.02 Å². The van der Waals surface area contributed by atoms with Gasteiger partial charge in [0, 0.05) is 23.8 Å². The highest BCUT2D eigenvalue weighted by atomic mass is 35.5. The fourth-order valence-electron chi connectivity index (χ4n) is 2.03. The van der Waals surface area contributed by atoms with Crippen molar-refractivity contribution in [3.63, 3.8) is 0 Å². The number of aliphatic carboxylic acids is 1. The van der Waals surface area contributed by atoms with E-state index in [9.17, 15) is 4.79 Å². The summed E-state index contributed by atoms with van der Waals surface area (Å²) in [5.41, 5.74) is 0.361. The van der Waals surface area contributed by atoms with Gasteiger partial charge in [-0.05, 0) is 31.5 Å². The molecule has 16 heavy (non-hydrogen) atoms. The molecule has 1 aromatic rings. The van der Waals surface area contributed by atoms with Crippen LogP contribution in [0.1, 0.15) is 13.3 Å². The molecule has 86 valence electrons. The van der Waals surface area contributed by atoms with Crippen molar-refractivity contribution in [2.75, 3.05) is 18.0 Å². The summed E-state index contributed by atoms with van der Waals surface area (Å²) in [4.78, 5) is 13.2. The van der Waals surface area contributed by atoms with Gasteiger partial charge >= 0.3 is 5.97 Å². The van der Waals surface area contributed by atoms with E-state index in [1.165, 1.54) is 0 Å². The molecule has 1 atom stereocenters. The molecular formula is C12H14ClNO2. The van der Waals surface area contributed by atoms with Crippen LogP contribution in [-0.4, -0.2) is 24.2 Å². The third-order valence-electron chi connectivity index (χ3n) is 3.16. The second-order valence-electron chi connectivity index (χ2n) is 4.52. The third kappa shape index (κ3) is 2.00. The summed E-state index contributed by atoms with van der Waals surface area (Å²) in [6.07, 6.45) is 0.675. The Morgan fingerprint density at radius 3 is 2.88 bits per heavy atom. The van der Waals surface area contributed by atoms with Gasteiger partial charge in [-0.25, -0.2) is 0 Å². The first-order valence-electron chi connectivity index (χ1n) is 5.25. The predicted molar refractivity (Wildman–Crippen MR) is 64.0 cm³/mol. The number of carbonyl (C=O) groups is 1. The second kappa shape index (κ2) is 3.98. The zero-order valence-corrected chi connectivity index (χ0v) is 9.87. The molecule has 0 amide bonds. The lowest BCUT2D eigenvalue weighted by Crippen LogP contribution is -2.31. The highest BCUT2D eigenvalue weighted by Gasteiger charge is 2.40. The first-order chi connectivity index (χ1) is 7.51. The normalized spacial score (nSPS) is 24.8. The first-order valence-corrected chi connectivity index (χ1v) is 5.63. The monoisotopic (exact) mass is 239 g/mol. The smallest absolute Gasteiger partial charge is 0.311 e. The average molecular weight is 240 g/mol. The van der Waals surface area contributed by atoms with Crippen LogP contribution in [0.15, 0.2) is 24.3 Å². The van der Waals surface area contributed by atoms with Crippen LogP contribution >= 0.6 is 11.6 Å². The van der Waals surface area contributed by atoms with E-state index in [1.807, 2.05) is 24.3 Å². The van der Waals surface area contributed by atoms with Crippen LogP contribution in [0.5, 0.6) is 0 Å². The lowest BCUT2D eigenvalue weighted by atomic mass is 9.90. The number of hydrogen-bond acceptors (Lipinski definition) is 2. The van der Waals surface area contributed by atoms with Crippen molar-refractivity contribution in [2.45, 2.75) is 13.3 Å². The van der Waals surface area contributed by atoms with Gasteiger partial charge in [-0.2, -0.15) is 0 Å². The van der Waals surface area contributed by atoms with Gasteiger partial charge in [0.15, 0.2) is 0 Å². The summed E-state index contributed by atoms with van der Waals surface area (Å²) in [6, 6.07) is 7.53. The van der Waals surface area contributed by atoms with Crippen LogP contribution in [0.3, 0.4) is 0 Å². The highest BCUT2D eigenvalue weighted by molar-refractivity contribution is 6.30. The van der Waals surface area contributed by atoms with E-state index in [4.69, 9.17) is 16.7 Å². The van der Waals surface area contributed by atoms with Crippen molar-refractivity contribution in [2.24, 2.45) is 5.41 Å². The number of benzene rings is 1. The SMILES string of the molecule is CC1(C(=O)O)CCN(c2cccc(Cl)c2)C1. The molecule has 1 aliphatic heterocycles. The minimum absolute atomic E-state index is 0.544. The van der Waals surface area contributed by atoms with Gasteiger partial charge in [0.25, 0.3) is 0 Å². The molecule has 1 aromatic carbocycles. The van der Waals surface area contributed by atoms with Gasteiger partial charge in [0.05, 0.1) is 5.41 Å². The number of nitrogens with zero attached hydrogens (tertiary/aromatic N) is 1. The molecule has 1 unspecified atom stereocenters. The van der Waals surface area contributed by atoms with Crippen LogP contribution in [0.25, 0.3) is 0 Å². The maximum Gasteiger partial charge on any atom is 0.311 e. The summed E-state index contributed by atoms with van der Waals surface area (Å²) in [5, 5.41) is 9.82. The van der Waals surface area contributed by atoms with E-state index in [1.54, 1.807) is 6.92 Å². The molecular weight excluding hydrogens is 226 g/mol. The summed E-state index contributed by atoms with van der Waals surface area (Å²) >= 11 is 5.91. The maximum atomic E-state index is 11.1. The quantitative estimate of drug-likeness (QED) is 0.863. The molecule has 1 heterocycles. The van der Waals surface area contributed by atoms with Crippen LogP contribution in [0.4, 0.5) is 5.69 Å². The highest BCUT2D eigenvalue weighted by Crippen LogP contribution is 2.34. The van der Waals surface area contributed by atoms with Gasteiger partial charge in [0.1, 0.15) is 0 Å².